The first-order chi connectivity index (χ1) is 14.5. The molecule has 1 N–H and O–H groups in total. The van der Waals surface area contributed by atoms with Gasteiger partial charge >= 0.3 is 0 Å². The molecular weight excluding hydrogens is 400 g/mol. The predicted molar refractivity (Wildman–Crippen MR) is 119 cm³/mol. The van der Waals surface area contributed by atoms with Gasteiger partial charge in [0, 0.05) is 43.5 Å². The van der Waals surface area contributed by atoms with Crippen LogP contribution in [0.5, 0.6) is 0 Å². The molecule has 1 saturated heterocycles. The lowest BCUT2D eigenvalue weighted by molar-refractivity contribution is -0.121. The minimum absolute atomic E-state index is 0.000531. The summed E-state index contributed by atoms with van der Waals surface area (Å²) < 4.78 is 7.05. The molecule has 2 aromatic heterocycles. The van der Waals surface area contributed by atoms with Crippen LogP contribution in [0, 0.1) is 5.92 Å². The summed E-state index contributed by atoms with van der Waals surface area (Å²) in [5, 5.41) is 3.86. The van der Waals surface area contributed by atoms with E-state index in [0.29, 0.717) is 25.0 Å². The Bertz CT molecular complexity index is 946. The standard InChI is InChI=1S/C22H32N4O3S/c1-15(2)17(25-9-11-29-12-10-25)13-23-19(27)7-8-26-14-24-21-20(22(26)28)16-5-3-4-6-18(16)30-21/h14-15,17H,3-13H2,1-2H3,(H,23,27). The number of amides is 1. The topological polar surface area (TPSA) is 76.5 Å². The zero-order valence-corrected chi connectivity index (χ0v) is 18.8. The summed E-state index contributed by atoms with van der Waals surface area (Å²) in [5.74, 6) is 0.427. The lowest BCUT2D eigenvalue weighted by Gasteiger charge is -2.36. The third kappa shape index (κ3) is 4.60. The highest BCUT2D eigenvalue weighted by Crippen LogP contribution is 2.33. The number of nitrogens with one attached hydrogen (secondary N) is 1. The first kappa shape index (κ1) is 21.5. The van der Waals surface area contributed by atoms with Gasteiger partial charge in [0.15, 0.2) is 0 Å². The van der Waals surface area contributed by atoms with E-state index in [0.717, 1.165) is 55.8 Å². The van der Waals surface area contributed by atoms with Crippen molar-refractivity contribution in [1.82, 2.24) is 19.8 Å². The summed E-state index contributed by atoms with van der Waals surface area (Å²) >= 11 is 1.66. The maximum absolute atomic E-state index is 13.0. The van der Waals surface area contributed by atoms with E-state index in [1.165, 1.54) is 16.9 Å². The largest absolute Gasteiger partial charge is 0.379 e. The quantitative estimate of drug-likeness (QED) is 0.726. The first-order valence-electron chi connectivity index (χ1n) is 11.1. The van der Waals surface area contributed by atoms with Crippen LogP contribution in [0.3, 0.4) is 0 Å². The van der Waals surface area contributed by atoms with E-state index in [1.54, 1.807) is 22.2 Å². The number of hydrogen-bond acceptors (Lipinski definition) is 6. The molecule has 30 heavy (non-hydrogen) atoms. The fraction of sp³-hybridized carbons (Fsp3) is 0.682. The highest BCUT2D eigenvalue weighted by atomic mass is 32.1. The summed E-state index contributed by atoms with van der Waals surface area (Å²) in [6.45, 7) is 8.69. The van der Waals surface area contributed by atoms with Gasteiger partial charge in [0.2, 0.25) is 5.91 Å². The van der Waals surface area contributed by atoms with Crippen molar-refractivity contribution in [3.05, 3.63) is 27.1 Å². The second-order valence-electron chi connectivity index (χ2n) is 8.65. The van der Waals surface area contributed by atoms with Crippen LogP contribution >= 0.6 is 11.3 Å². The van der Waals surface area contributed by atoms with Crippen molar-refractivity contribution in [2.45, 2.75) is 58.5 Å². The van der Waals surface area contributed by atoms with Crippen LogP contribution in [0.2, 0.25) is 0 Å². The maximum Gasteiger partial charge on any atom is 0.262 e. The van der Waals surface area contributed by atoms with Crippen molar-refractivity contribution in [3.8, 4) is 0 Å². The van der Waals surface area contributed by atoms with Crippen LogP contribution in [-0.4, -0.2) is 59.2 Å². The van der Waals surface area contributed by atoms with Gasteiger partial charge in [-0.1, -0.05) is 13.8 Å². The summed E-state index contributed by atoms with van der Waals surface area (Å²) in [7, 11) is 0. The van der Waals surface area contributed by atoms with Crippen LogP contribution in [-0.2, 0) is 28.9 Å². The molecule has 8 heteroatoms. The third-order valence-electron chi connectivity index (χ3n) is 6.31. The van der Waals surface area contributed by atoms with Gasteiger partial charge in [-0.05, 0) is 37.2 Å². The molecule has 1 unspecified atom stereocenters. The Balaban J connectivity index is 1.37. The molecule has 0 saturated carbocycles. The van der Waals surface area contributed by atoms with Crippen molar-refractivity contribution in [2.24, 2.45) is 5.92 Å². The number of aryl methyl sites for hydroxylation is 3. The number of hydrogen-bond donors (Lipinski definition) is 1. The molecule has 1 aliphatic carbocycles. The lowest BCUT2D eigenvalue weighted by atomic mass is 9.97. The Labute approximate surface area is 181 Å². The minimum Gasteiger partial charge on any atom is -0.379 e. The number of fused-ring (bicyclic) bond motifs is 3. The van der Waals surface area contributed by atoms with Gasteiger partial charge in [-0.2, -0.15) is 0 Å². The van der Waals surface area contributed by atoms with Crippen LogP contribution in [0.1, 0.15) is 43.6 Å². The second kappa shape index (κ2) is 9.58. The normalized spacial score (nSPS) is 18.5. The molecule has 1 fully saturated rings. The zero-order valence-electron chi connectivity index (χ0n) is 18.0. The van der Waals surface area contributed by atoms with Crippen molar-refractivity contribution in [2.75, 3.05) is 32.8 Å². The molecule has 1 atom stereocenters. The summed E-state index contributed by atoms with van der Waals surface area (Å²) in [5.41, 5.74) is 1.20. The Hall–Kier alpha value is -1.77. The number of aromatic nitrogens is 2. The smallest absolute Gasteiger partial charge is 0.262 e. The van der Waals surface area contributed by atoms with E-state index in [4.69, 9.17) is 4.74 Å². The molecular formula is C22H32N4O3S. The van der Waals surface area contributed by atoms with E-state index >= 15 is 0 Å². The average molecular weight is 433 g/mol. The van der Waals surface area contributed by atoms with E-state index in [1.807, 2.05) is 0 Å². The van der Waals surface area contributed by atoms with Crippen molar-refractivity contribution in [1.29, 1.82) is 0 Å². The highest BCUT2D eigenvalue weighted by molar-refractivity contribution is 7.18. The molecule has 0 bridgehead atoms. The van der Waals surface area contributed by atoms with Crippen LogP contribution in [0.4, 0.5) is 0 Å². The van der Waals surface area contributed by atoms with E-state index < -0.39 is 0 Å². The molecule has 4 rings (SSSR count). The van der Waals surface area contributed by atoms with Crippen molar-refractivity contribution < 1.29 is 9.53 Å². The molecule has 164 valence electrons. The summed E-state index contributed by atoms with van der Waals surface area (Å²) in [6, 6.07) is 0.302. The van der Waals surface area contributed by atoms with Crippen molar-refractivity contribution >= 4 is 27.5 Å². The van der Waals surface area contributed by atoms with Crippen molar-refractivity contribution in [3.63, 3.8) is 0 Å². The fourth-order valence-corrected chi connectivity index (χ4v) is 5.78. The highest BCUT2D eigenvalue weighted by Gasteiger charge is 2.24. The van der Waals surface area contributed by atoms with Gasteiger partial charge in [0.05, 0.1) is 24.9 Å². The molecule has 3 heterocycles. The minimum atomic E-state index is -0.0201. The van der Waals surface area contributed by atoms with Gasteiger partial charge in [-0.25, -0.2) is 4.98 Å². The van der Waals surface area contributed by atoms with Crippen LogP contribution in [0.25, 0.3) is 10.2 Å². The SMILES string of the molecule is CC(C)C(CNC(=O)CCn1cnc2sc3c(c2c1=O)CCCC3)N1CCOCC1. The molecule has 2 aromatic rings. The monoisotopic (exact) mass is 432 g/mol. The molecule has 7 nitrogen and oxygen atoms in total. The summed E-state index contributed by atoms with van der Waals surface area (Å²) in [6.07, 6.45) is 6.23. The molecule has 0 spiro atoms. The fourth-order valence-electron chi connectivity index (χ4n) is 4.56. The molecule has 1 amide bonds. The average Bonchev–Trinajstić information content (AvgIpc) is 3.13. The van der Waals surface area contributed by atoms with Gasteiger partial charge in [-0.3, -0.25) is 19.1 Å². The second-order valence-corrected chi connectivity index (χ2v) is 9.73. The number of morpholine rings is 1. The predicted octanol–water partition coefficient (Wildman–Crippen LogP) is 2.20. The third-order valence-corrected chi connectivity index (χ3v) is 7.51. The number of ether oxygens (including phenoxy) is 1. The Morgan fingerprint density at radius 1 is 1.27 bits per heavy atom. The van der Waals surface area contributed by atoms with Gasteiger partial charge in [0.25, 0.3) is 5.56 Å². The lowest BCUT2D eigenvalue weighted by Crippen LogP contribution is -2.51. The van der Waals surface area contributed by atoms with E-state index in [2.05, 4.69) is 29.0 Å². The molecule has 1 aliphatic heterocycles. The maximum atomic E-state index is 13.0. The Morgan fingerprint density at radius 2 is 2.03 bits per heavy atom. The van der Waals surface area contributed by atoms with Crippen LogP contribution < -0.4 is 10.9 Å². The van der Waals surface area contributed by atoms with E-state index in [9.17, 15) is 9.59 Å². The number of carbonyl (C=O) groups excluding carboxylic acids is 1. The Kier molecular flexibility index (Phi) is 6.85. The first-order valence-corrected chi connectivity index (χ1v) is 11.9. The van der Waals surface area contributed by atoms with Gasteiger partial charge in [-0.15, -0.1) is 11.3 Å². The zero-order chi connectivity index (χ0) is 21.1. The van der Waals surface area contributed by atoms with Gasteiger partial charge in [0.1, 0.15) is 4.83 Å². The number of rotatable bonds is 7. The van der Waals surface area contributed by atoms with Gasteiger partial charge < -0.3 is 10.1 Å². The Morgan fingerprint density at radius 3 is 2.80 bits per heavy atom. The number of thiophene rings is 1. The number of nitrogens with zero attached hydrogens (tertiary/aromatic N) is 3. The molecule has 2 aliphatic rings. The van der Waals surface area contributed by atoms with E-state index in [-0.39, 0.29) is 17.9 Å². The summed E-state index contributed by atoms with van der Waals surface area (Å²) in [4.78, 5) is 34.6. The molecule has 0 aromatic carbocycles. The number of carbonyl (C=O) groups is 1. The molecule has 0 radical (unpaired) electrons. The van der Waals surface area contributed by atoms with Crippen LogP contribution in [0.15, 0.2) is 11.1 Å².